The van der Waals surface area contributed by atoms with E-state index in [1.165, 1.54) is 78.9 Å². The first-order chi connectivity index (χ1) is 26.8. The number of halogens is 2. The van der Waals surface area contributed by atoms with Gasteiger partial charge < -0.3 is 0 Å². The summed E-state index contributed by atoms with van der Waals surface area (Å²) in [5.41, 5.74) is 18.9. The van der Waals surface area contributed by atoms with Gasteiger partial charge in [-0.2, -0.15) is 0 Å². The minimum absolute atomic E-state index is 0. The van der Waals surface area contributed by atoms with Crippen molar-refractivity contribution in [3.05, 3.63) is 150 Å². The molecule has 4 aliphatic rings. The Bertz CT molecular complexity index is 2510. The zero-order valence-electron chi connectivity index (χ0n) is 39.5. The normalized spacial score (nSPS) is 19.3. The molecule has 0 aromatic heterocycles. The summed E-state index contributed by atoms with van der Waals surface area (Å²) in [6.45, 7) is 35.8. The summed E-state index contributed by atoms with van der Waals surface area (Å²) < 4.78 is 10.7. The number of hydrogen-bond acceptors (Lipinski definition) is 0. The predicted octanol–water partition coefficient (Wildman–Crippen LogP) is 15.3. The van der Waals surface area contributed by atoms with Crippen molar-refractivity contribution < 1.29 is 18.3 Å². The summed E-state index contributed by atoms with van der Waals surface area (Å²) in [6.07, 6.45) is 13.4. The van der Waals surface area contributed by atoms with Gasteiger partial charge in [-0.25, -0.2) is 0 Å². The van der Waals surface area contributed by atoms with Crippen molar-refractivity contribution in [1.82, 2.24) is 0 Å². The molecule has 0 amide bonds. The van der Waals surface area contributed by atoms with Gasteiger partial charge in [-0.05, 0) is 0 Å². The number of allylic oxidation sites excluding steroid dienone is 8. The van der Waals surface area contributed by atoms with E-state index in [9.17, 15) is 0 Å². The average Bonchev–Trinajstić information content (AvgIpc) is 3.79. The molecule has 0 heterocycles. The molecule has 0 fully saturated rings. The molecule has 0 saturated heterocycles. The molecule has 4 aromatic rings. The molecule has 4 aliphatic carbocycles. The van der Waals surface area contributed by atoms with Crippen molar-refractivity contribution in [2.75, 3.05) is 0 Å². The van der Waals surface area contributed by atoms with Crippen LogP contribution >= 0.6 is 24.8 Å². The summed E-state index contributed by atoms with van der Waals surface area (Å²) in [4.78, 5) is 0. The Morgan fingerprint density at radius 2 is 1.05 bits per heavy atom. The molecule has 4 aromatic carbocycles. The summed E-state index contributed by atoms with van der Waals surface area (Å²) >= 11 is -4.97. The number of hydrogen-bond donors (Lipinski definition) is 0. The van der Waals surface area contributed by atoms with Gasteiger partial charge in [-0.3, -0.25) is 0 Å². The maximum absolute atomic E-state index is 5.98. The summed E-state index contributed by atoms with van der Waals surface area (Å²) in [6, 6.07) is 30.2. The van der Waals surface area contributed by atoms with E-state index in [1.54, 1.807) is 3.28 Å². The zero-order valence-corrected chi connectivity index (χ0v) is 43.6. The van der Waals surface area contributed by atoms with E-state index >= 15 is 0 Å². The van der Waals surface area contributed by atoms with Gasteiger partial charge in [-0.1, -0.05) is 0 Å². The fourth-order valence-corrected chi connectivity index (χ4v) is 30.0. The molecule has 3 heteroatoms. The molecular weight excluding hydrogens is 847 g/mol. The van der Waals surface area contributed by atoms with Crippen molar-refractivity contribution in [3.63, 3.8) is 0 Å². The van der Waals surface area contributed by atoms with E-state index in [2.05, 4.69) is 201 Å². The molecule has 0 N–H and O–H groups in total. The molecule has 0 saturated carbocycles. The van der Waals surface area contributed by atoms with Gasteiger partial charge in [-0.15, -0.1) is 24.8 Å². The Kier molecular flexibility index (Phi) is 11.6. The SMILES string of the molecule is Cl.Cl.[CH2]=[Zr]([C]1=CC(C(C)(C)C)=CC1)([c]1ccc(C(C)(C)C)cc1)([c]1ccc(C(C)(C)C)cc1)[CH]1C=C(C)c2cc3c(cc2C1(C)C)Cc1cc2c(cc1-3)C(C)=CCC2(C)C. The van der Waals surface area contributed by atoms with E-state index in [4.69, 9.17) is 4.21 Å². The molecule has 1 atom stereocenters. The first-order valence-electron chi connectivity index (χ1n) is 22.1. The second kappa shape index (κ2) is 14.9. The van der Waals surface area contributed by atoms with Crippen LogP contribution in [0.1, 0.15) is 161 Å². The van der Waals surface area contributed by atoms with Gasteiger partial charge in [0.1, 0.15) is 0 Å². The molecular formula is C57H72Cl2Zr. The fourth-order valence-electron chi connectivity index (χ4n) is 11.6. The third-order valence-corrected chi connectivity index (χ3v) is 33.7. The van der Waals surface area contributed by atoms with Crippen molar-refractivity contribution in [2.45, 2.75) is 148 Å². The van der Waals surface area contributed by atoms with Crippen molar-refractivity contribution in [1.29, 1.82) is 0 Å². The molecule has 0 aliphatic heterocycles. The first kappa shape index (κ1) is 46.7. The Morgan fingerprint density at radius 3 is 1.50 bits per heavy atom. The van der Waals surface area contributed by atoms with E-state index < -0.39 is 18.3 Å². The van der Waals surface area contributed by atoms with E-state index in [0.29, 0.717) is 0 Å². The van der Waals surface area contributed by atoms with Gasteiger partial charge in [0, 0.05) is 0 Å². The van der Waals surface area contributed by atoms with Crippen LogP contribution in [0, 0.1) is 5.41 Å². The molecule has 0 radical (unpaired) electrons. The minimum atomic E-state index is -4.97. The molecule has 0 spiro atoms. The summed E-state index contributed by atoms with van der Waals surface area (Å²) in [5.74, 6) is 0. The topological polar surface area (TPSA) is 0 Å². The van der Waals surface area contributed by atoms with E-state index in [0.717, 1.165) is 19.3 Å². The number of fused-ring (bicyclic) bond motifs is 5. The predicted molar refractivity (Wildman–Crippen MR) is 268 cm³/mol. The fraction of sp³-hybridized carbons (Fsp3) is 0.421. The second-order valence-corrected chi connectivity index (χ2v) is 36.8. The van der Waals surface area contributed by atoms with Crippen molar-refractivity contribution in [2.24, 2.45) is 5.41 Å². The van der Waals surface area contributed by atoms with Crippen LogP contribution in [0.3, 0.4) is 0 Å². The van der Waals surface area contributed by atoms with Gasteiger partial charge >= 0.3 is 356 Å². The van der Waals surface area contributed by atoms with Crippen LogP contribution < -0.4 is 6.54 Å². The Morgan fingerprint density at radius 1 is 0.583 bits per heavy atom. The van der Waals surface area contributed by atoms with Crippen LogP contribution in [-0.2, 0) is 46.4 Å². The molecule has 318 valence electrons. The number of benzene rings is 4. The quantitative estimate of drug-likeness (QED) is 0.169. The second-order valence-electron chi connectivity index (χ2n) is 23.3. The summed E-state index contributed by atoms with van der Waals surface area (Å²) in [5, 5.41) is 0. The van der Waals surface area contributed by atoms with Gasteiger partial charge in [0.25, 0.3) is 0 Å². The van der Waals surface area contributed by atoms with Crippen LogP contribution in [0.4, 0.5) is 0 Å². The molecule has 1 unspecified atom stereocenters. The maximum atomic E-state index is 5.98. The third kappa shape index (κ3) is 6.99. The molecule has 0 nitrogen and oxygen atoms in total. The Balaban J connectivity index is 0.00000302. The number of rotatable bonds is 4. The molecule has 0 bridgehead atoms. The summed E-state index contributed by atoms with van der Waals surface area (Å²) in [7, 11) is 0. The van der Waals surface area contributed by atoms with Crippen LogP contribution in [-0.4, -0.2) is 4.21 Å². The van der Waals surface area contributed by atoms with E-state index in [-0.39, 0.29) is 55.5 Å². The van der Waals surface area contributed by atoms with Crippen molar-refractivity contribution >= 4 is 46.7 Å². The molecule has 60 heavy (non-hydrogen) atoms. The van der Waals surface area contributed by atoms with Gasteiger partial charge in [0.2, 0.25) is 0 Å². The Hall–Kier alpha value is -2.83. The standard InChI is InChI=1S/C27H29.2C10H13.C9H13.CH2.2ClH.Zr/c1-16-7-9-26(3,4)24-12-18-11-19-13-25-21(17(2)8-10-27(25,5)6)15-23(19)22(18)14-20(16)24;2*1-10(2,3)9-7-5-4-6-8-9;1-9(2,3)8-6-4-5-7-8;;;;/h7-9,12-15H,10-11H2,1-6H3;2*5-8H,1-3H3;6-7H,4H2,1-3H3;1H2;2*1H;. The molecule has 8 rings (SSSR count). The van der Waals surface area contributed by atoms with Crippen LogP contribution in [0.2, 0.25) is 3.63 Å². The zero-order chi connectivity index (χ0) is 42.2. The average molecular weight is 919 g/mol. The van der Waals surface area contributed by atoms with E-state index in [1.807, 2.05) is 0 Å². The van der Waals surface area contributed by atoms with Crippen LogP contribution in [0.15, 0.2) is 106 Å². The Labute approximate surface area is 377 Å². The monoisotopic (exact) mass is 916 g/mol. The van der Waals surface area contributed by atoms with Crippen LogP contribution in [0.5, 0.6) is 0 Å². The third-order valence-electron chi connectivity index (χ3n) is 15.5. The van der Waals surface area contributed by atoms with Crippen LogP contribution in [0.25, 0.3) is 22.3 Å². The van der Waals surface area contributed by atoms with Crippen molar-refractivity contribution in [3.8, 4) is 11.1 Å². The first-order valence-corrected chi connectivity index (χ1v) is 29.0. The van der Waals surface area contributed by atoms with Gasteiger partial charge in [0.05, 0.1) is 0 Å². The van der Waals surface area contributed by atoms with Gasteiger partial charge in [0.15, 0.2) is 0 Å².